The molecule has 4 amide bonds. The van der Waals surface area contributed by atoms with Crippen molar-refractivity contribution in [1.29, 1.82) is 0 Å². The Balaban J connectivity index is 1.19. The van der Waals surface area contributed by atoms with Crippen LogP contribution in [0.5, 0.6) is 0 Å². The Morgan fingerprint density at radius 3 is 2.22 bits per heavy atom. The molecule has 3 aromatic carbocycles. The average molecular weight is 479 g/mol. The Morgan fingerprint density at radius 2 is 1.47 bits per heavy atom. The van der Waals surface area contributed by atoms with E-state index in [1.54, 1.807) is 24.3 Å². The number of imide groups is 1. The summed E-state index contributed by atoms with van der Waals surface area (Å²) in [5, 5.41) is 5.47. The van der Waals surface area contributed by atoms with Crippen molar-refractivity contribution in [2.75, 3.05) is 11.9 Å². The van der Waals surface area contributed by atoms with Crippen molar-refractivity contribution in [3.63, 3.8) is 0 Å². The van der Waals surface area contributed by atoms with E-state index in [9.17, 15) is 24.0 Å². The third kappa shape index (κ3) is 3.33. The van der Waals surface area contributed by atoms with Gasteiger partial charge in [0.15, 0.2) is 11.6 Å². The van der Waals surface area contributed by atoms with Gasteiger partial charge in [-0.05, 0) is 42.2 Å². The number of fused-ring (bicyclic) bond motifs is 3. The van der Waals surface area contributed by atoms with Crippen LogP contribution in [0.2, 0.25) is 0 Å². The van der Waals surface area contributed by atoms with Crippen molar-refractivity contribution in [3.8, 4) is 0 Å². The van der Waals surface area contributed by atoms with Crippen LogP contribution in [0.1, 0.15) is 49.4 Å². The highest BCUT2D eigenvalue weighted by molar-refractivity contribution is 6.28. The van der Waals surface area contributed by atoms with Gasteiger partial charge in [-0.1, -0.05) is 48.5 Å². The summed E-state index contributed by atoms with van der Waals surface area (Å²) >= 11 is 0. The minimum atomic E-state index is -1.04. The number of benzene rings is 3. The number of anilines is 1. The van der Waals surface area contributed by atoms with Crippen LogP contribution in [0, 0.1) is 0 Å². The summed E-state index contributed by atoms with van der Waals surface area (Å²) in [6, 6.07) is 18.3. The van der Waals surface area contributed by atoms with E-state index < -0.39 is 29.9 Å². The maximum absolute atomic E-state index is 13.3. The van der Waals surface area contributed by atoms with Gasteiger partial charge in [-0.2, -0.15) is 0 Å². The molecule has 1 heterocycles. The summed E-state index contributed by atoms with van der Waals surface area (Å²) in [5.41, 5.74) is 2.56. The Kier molecular flexibility index (Phi) is 4.86. The highest BCUT2D eigenvalue weighted by Gasteiger charge is 2.52. The van der Waals surface area contributed by atoms with Gasteiger partial charge in [0, 0.05) is 34.4 Å². The smallest absolute Gasteiger partial charge is 0.325 e. The molecule has 1 aliphatic heterocycles. The number of nitrogens with zero attached hydrogens (tertiary/aromatic N) is 1. The minimum Gasteiger partial charge on any atom is -0.325 e. The zero-order valence-electron chi connectivity index (χ0n) is 19.2. The van der Waals surface area contributed by atoms with Crippen LogP contribution in [0.15, 0.2) is 66.7 Å². The molecule has 36 heavy (non-hydrogen) atoms. The van der Waals surface area contributed by atoms with Crippen molar-refractivity contribution >= 4 is 35.1 Å². The molecule has 3 aromatic rings. The van der Waals surface area contributed by atoms with E-state index >= 15 is 0 Å². The van der Waals surface area contributed by atoms with Crippen LogP contribution in [0.3, 0.4) is 0 Å². The highest BCUT2D eigenvalue weighted by Crippen LogP contribution is 2.34. The summed E-state index contributed by atoms with van der Waals surface area (Å²) in [4.78, 5) is 65.4. The lowest BCUT2D eigenvalue weighted by Crippen LogP contribution is -2.51. The van der Waals surface area contributed by atoms with Crippen molar-refractivity contribution < 1.29 is 24.0 Å². The second kappa shape index (κ2) is 7.98. The molecule has 178 valence electrons. The van der Waals surface area contributed by atoms with E-state index in [4.69, 9.17) is 0 Å². The van der Waals surface area contributed by atoms with Gasteiger partial charge in [-0.3, -0.25) is 24.1 Å². The van der Waals surface area contributed by atoms with Crippen LogP contribution in [0.25, 0.3) is 0 Å². The van der Waals surface area contributed by atoms with Gasteiger partial charge in [0.2, 0.25) is 5.91 Å². The fraction of sp³-hybridized carbons (Fsp3) is 0.179. The molecule has 0 saturated carbocycles. The molecule has 3 aliphatic rings. The number of rotatable bonds is 3. The van der Waals surface area contributed by atoms with Gasteiger partial charge < -0.3 is 10.6 Å². The maximum atomic E-state index is 13.3. The fourth-order valence-corrected chi connectivity index (χ4v) is 5.37. The number of amides is 4. The van der Waals surface area contributed by atoms with Crippen molar-refractivity contribution in [2.24, 2.45) is 0 Å². The number of carbonyl (C=O) groups excluding carboxylic acids is 5. The molecule has 0 radical (unpaired) electrons. The molecule has 1 unspecified atom stereocenters. The number of ketones is 2. The average Bonchev–Trinajstić information content (AvgIpc) is 3.10. The van der Waals surface area contributed by atoms with Crippen LogP contribution >= 0.6 is 0 Å². The zero-order valence-corrected chi connectivity index (χ0v) is 19.2. The molecule has 2 N–H and O–H groups in total. The quantitative estimate of drug-likeness (QED) is 0.439. The molecule has 0 aromatic heterocycles. The van der Waals surface area contributed by atoms with Crippen LogP contribution in [0.4, 0.5) is 10.5 Å². The lowest BCUT2D eigenvalue weighted by molar-refractivity contribution is -0.134. The van der Waals surface area contributed by atoms with Gasteiger partial charge in [0.1, 0.15) is 12.1 Å². The van der Waals surface area contributed by atoms with Gasteiger partial charge in [0.25, 0.3) is 5.91 Å². The normalized spacial score (nSPS) is 20.1. The molecule has 1 spiro atoms. The largest absolute Gasteiger partial charge is 0.325 e. The van der Waals surface area contributed by atoms with Crippen molar-refractivity contribution in [1.82, 2.24) is 10.2 Å². The molecule has 2 aliphatic carbocycles. The molecular weight excluding hydrogens is 458 g/mol. The van der Waals surface area contributed by atoms with Crippen molar-refractivity contribution in [3.05, 3.63) is 100 Å². The summed E-state index contributed by atoms with van der Waals surface area (Å²) in [6.45, 7) is -0.457. The molecule has 0 bridgehead atoms. The first kappa shape index (κ1) is 21.9. The van der Waals surface area contributed by atoms with Crippen LogP contribution in [-0.4, -0.2) is 46.4 Å². The Labute approximate surface area is 206 Å². The first-order valence-electron chi connectivity index (χ1n) is 11.7. The molecular formula is C28H21N3O5. The second-order valence-corrected chi connectivity index (χ2v) is 9.36. The van der Waals surface area contributed by atoms with Crippen LogP contribution < -0.4 is 10.6 Å². The zero-order chi connectivity index (χ0) is 25.0. The standard InChI is InChI=1S/C28H21N3O5/c32-23(15-31-26(35)28(30-27(31)36)12-11-16-5-1-2-6-17(16)14-28)29-18-9-10-21-22(13-18)25(34)20-8-4-3-7-19(20)24(21)33/h1-10,13H,11-12,14-15H2,(H,29,32)(H,30,36). The van der Waals surface area contributed by atoms with E-state index in [1.165, 1.54) is 18.2 Å². The molecule has 8 heteroatoms. The molecule has 6 rings (SSSR count). The van der Waals surface area contributed by atoms with Crippen molar-refractivity contribution in [2.45, 2.75) is 24.8 Å². The summed E-state index contributed by atoms with van der Waals surface area (Å²) < 4.78 is 0. The molecule has 8 nitrogen and oxygen atoms in total. The number of urea groups is 1. The molecule has 1 atom stereocenters. The Morgan fingerprint density at radius 1 is 0.833 bits per heavy atom. The minimum absolute atomic E-state index is 0.200. The topological polar surface area (TPSA) is 113 Å². The highest BCUT2D eigenvalue weighted by atomic mass is 16.2. The lowest BCUT2D eigenvalue weighted by Gasteiger charge is -2.32. The van der Waals surface area contributed by atoms with E-state index in [2.05, 4.69) is 10.6 Å². The number of aryl methyl sites for hydroxylation is 1. The number of hydrogen-bond acceptors (Lipinski definition) is 5. The van der Waals surface area contributed by atoms with E-state index in [0.29, 0.717) is 36.1 Å². The summed E-state index contributed by atoms with van der Waals surface area (Å²) in [7, 11) is 0. The molecule has 1 fully saturated rings. The first-order chi connectivity index (χ1) is 17.4. The Bertz CT molecular complexity index is 1510. The van der Waals surface area contributed by atoms with Gasteiger partial charge in [0.05, 0.1) is 0 Å². The van der Waals surface area contributed by atoms with E-state index in [0.717, 1.165) is 16.0 Å². The number of carbonyl (C=O) groups is 5. The van der Waals surface area contributed by atoms with Gasteiger partial charge >= 0.3 is 6.03 Å². The lowest BCUT2D eigenvalue weighted by atomic mass is 9.78. The summed E-state index contributed by atoms with van der Waals surface area (Å²) in [5.74, 6) is -1.55. The summed E-state index contributed by atoms with van der Waals surface area (Å²) in [6.07, 6.45) is 1.51. The van der Waals surface area contributed by atoms with Gasteiger partial charge in [-0.15, -0.1) is 0 Å². The number of nitrogens with one attached hydrogen (secondary N) is 2. The molecule has 1 saturated heterocycles. The third-order valence-corrected chi connectivity index (χ3v) is 7.19. The van der Waals surface area contributed by atoms with E-state index in [1.807, 2.05) is 24.3 Å². The fourth-order valence-electron chi connectivity index (χ4n) is 5.37. The SMILES string of the molecule is O=C(CN1C(=O)NC2(CCc3ccccc3C2)C1=O)Nc1ccc2c(c1)C(=O)c1ccccc1C2=O. The predicted molar refractivity (Wildman–Crippen MR) is 130 cm³/mol. The third-order valence-electron chi connectivity index (χ3n) is 7.19. The number of hydrogen-bond donors (Lipinski definition) is 2. The predicted octanol–water partition coefficient (Wildman–Crippen LogP) is 2.88. The first-order valence-corrected chi connectivity index (χ1v) is 11.7. The van der Waals surface area contributed by atoms with Crippen LogP contribution in [-0.2, 0) is 22.4 Å². The van der Waals surface area contributed by atoms with E-state index in [-0.39, 0.29) is 22.7 Å². The monoisotopic (exact) mass is 479 g/mol. The Hall–Kier alpha value is -4.59. The van der Waals surface area contributed by atoms with Gasteiger partial charge in [-0.25, -0.2) is 4.79 Å². The second-order valence-electron chi connectivity index (χ2n) is 9.36. The maximum Gasteiger partial charge on any atom is 0.325 e.